The number of hydrogen-bond donors (Lipinski definition) is 0. The van der Waals surface area contributed by atoms with Crippen molar-refractivity contribution >= 4 is 5.78 Å². The molecule has 2 rings (SSSR count). The monoisotopic (exact) mass is 263 g/mol. The van der Waals surface area contributed by atoms with Crippen LogP contribution in [0.3, 0.4) is 0 Å². The van der Waals surface area contributed by atoms with Gasteiger partial charge in [0.15, 0.2) is 0 Å². The number of para-hydroxylation sites is 1. The van der Waals surface area contributed by atoms with Crippen LogP contribution in [0.4, 0.5) is 8.78 Å². The first-order valence-corrected chi connectivity index (χ1v) is 5.59. The molecule has 0 aliphatic rings. The molecule has 2 aromatic rings. The molecule has 0 aliphatic heterocycles. The number of ether oxygens (including phenoxy) is 1. The summed E-state index contributed by atoms with van der Waals surface area (Å²) >= 11 is 0. The highest BCUT2D eigenvalue weighted by Gasteiger charge is 2.19. The van der Waals surface area contributed by atoms with Crippen LogP contribution in [0.15, 0.2) is 42.6 Å². The van der Waals surface area contributed by atoms with Crippen molar-refractivity contribution in [3.05, 3.63) is 59.4 Å². The predicted molar refractivity (Wildman–Crippen MR) is 65.5 cm³/mol. The predicted octanol–water partition coefficient (Wildman–Crippen LogP) is 3.22. The van der Waals surface area contributed by atoms with E-state index in [0.29, 0.717) is 5.56 Å². The van der Waals surface area contributed by atoms with E-state index in [4.69, 9.17) is 0 Å². The van der Waals surface area contributed by atoms with Gasteiger partial charge in [0.2, 0.25) is 5.78 Å². The zero-order valence-corrected chi connectivity index (χ0v) is 10.1. The fourth-order valence-electron chi connectivity index (χ4n) is 1.71. The highest BCUT2D eigenvalue weighted by Crippen LogP contribution is 2.27. The molecule has 98 valence electrons. The number of hydrogen-bond acceptors (Lipinski definition) is 3. The van der Waals surface area contributed by atoms with Crippen LogP contribution < -0.4 is 4.74 Å². The first kappa shape index (κ1) is 13.1. The van der Waals surface area contributed by atoms with E-state index in [1.54, 1.807) is 31.2 Å². The number of alkyl halides is 2. The van der Waals surface area contributed by atoms with Crippen LogP contribution in [0.2, 0.25) is 0 Å². The van der Waals surface area contributed by atoms with Gasteiger partial charge in [0, 0.05) is 6.20 Å². The second-order valence-corrected chi connectivity index (χ2v) is 3.87. The van der Waals surface area contributed by atoms with E-state index in [2.05, 4.69) is 9.72 Å². The Labute approximate surface area is 108 Å². The number of rotatable bonds is 4. The van der Waals surface area contributed by atoms with Crippen molar-refractivity contribution in [3.8, 4) is 5.75 Å². The van der Waals surface area contributed by atoms with Gasteiger partial charge < -0.3 is 4.74 Å². The molecular formula is C14H11F2NO2. The number of halogens is 2. The number of carbonyl (C=O) groups is 1. The summed E-state index contributed by atoms with van der Waals surface area (Å²) in [6.07, 6.45) is 1.47. The van der Waals surface area contributed by atoms with E-state index < -0.39 is 12.4 Å². The van der Waals surface area contributed by atoms with Crippen LogP contribution in [0.25, 0.3) is 0 Å². The van der Waals surface area contributed by atoms with Gasteiger partial charge in [0.25, 0.3) is 0 Å². The van der Waals surface area contributed by atoms with E-state index in [-0.39, 0.29) is 17.0 Å². The highest BCUT2D eigenvalue weighted by atomic mass is 19.3. The maximum absolute atomic E-state index is 12.4. The Hall–Kier alpha value is -2.30. The minimum atomic E-state index is -2.98. The molecule has 1 heterocycles. The quantitative estimate of drug-likeness (QED) is 0.795. The van der Waals surface area contributed by atoms with Crippen molar-refractivity contribution < 1.29 is 18.3 Å². The number of pyridine rings is 1. The van der Waals surface area contributed by atoms with E-state index in [1.807, 2.05) is 0 Å². The van der Waals surface area contributed by atoms with E-state index >= 15 is 0 Å². The summed E-state index contributed by atoms with van der Waals surface area (Å²) < 4.78 is 29.2. The van der Waals surface area contributed by atoms with Crippen molar-refractivity contribution in [3.63, 3.8) is 0 Å². The van der Waals surface area contributed by atoms with Gasteiger partial charge in [-0.1, -0.05) is 18.2 Å². The fraction of sp³-hybridized carbons (Fsp3) is 0.143. The zero-order chi connectivity index (χ0) is 13.8. The second-order valence-electron chi connectivity index (χ2n) is 3.87. The average Bonchev–Trinajstić information content (AvgIpc) is 2.41. The van der Waals surface area contributed by atoms with E-state index in [0.717, 1.165) is 0 Å². The Morgan fingerprint density at radius 3 is 2.63 bits per heavy atom. The van der Waals surface area contributed by atoms with Gasteiger partial charge in [-0.3, -0.25) is 9.78 Å². The highest BCUT2D eigenvalue weighted by molar-refractivity contribution is 6.09. The molecule has 0 N–H and O–H groups in total. The van der Waals surface area contributed by atoms with Gasteiger partial charge in [-0.15, -0.1) is 0 Å². The number of aromatic nitrogens is 1. The Morgan fingerprint density at radius 1 is 1.21 bits per heavy atom. The molecule has 0 spiro atoms. The molecular weight excluding hydrogens is 252 g/mol. The molecule has 0 fully saturated rings. The van der Waals surface area contributed by atoms with Gasteiger partial charge in [0.1, 0.15) is 11.4 Å². The number of benzene rings is 1. The number of carbonyl (C=O) groups excluding carboxylic acids is 1. The molecule has 5 heteroatoms. The van der Waals surface area contributed by atoms with Crippen molar-refractivity contribution in [2.75, 3.05) is 0 Å². The molecule has 0 aliphatic carbocycles. The lowest BCUT2D eigenvalue weighted by Gasteiger charge is -2.12. The van der Waals surface area contributed by atoms with Gasteiger partial charge in [0.05, 0.1) is 5.56 Å². The molecule has 1 aromatic heterocycles. The Morgan fingerprint density at radius 2 is 2.00 bits per heavy atom. The van der Waals surface area contributed by atoms with Crippen molar-refractivity contribution in [2.24, 2.45) is 0 Å². The number of ketones is 1. The second kappa shape index (κ2) is 5.56. The van der Waals surface area contributed by atoms with Crippen LogP contribution >= 0.6 is 0 Å². The standard InChI is InChI=1S/C14H11F2NO2/c1-9-5-4-6-10(13(9)19-14(15)16)12(18)11-7-2-3-8-17-11/h2-8,14H,1H3. The van der Waals surface area contributed by atoms with Gasteiger partial charge >= 0.3 is 6.61 Å². The normalized spacial score (nSPS) is 10.5. The molecule has 0 amide bonds. The first-order valence-electron chi connectivity index (χ1n) is 5.59. The summed E-state index contributed by atoms with van der Waals surface area (Å²) in [5.74, 6) is -0.548. The molecule has 0 atom stereocenters. The number of nitrogens with zero attached hydrogens (tertiary/aromatic N) is 1. The fourth-order valence-corrected chi connectivity index (χ4v) is 1.71. The number of aryl methyl sites for hydroxylation is 1. The van der Waals surface area contributed by atoms with Crippen LogP contribution in [0.1, 0.15) is 21.6 Å². The molecule has 0 bridgehead atoms. The Bertz CT molecular complexity index is 585. The van der Waals surface area contributed by atoms with Crippen LogP contribution in [0, 0.1) is 6.92 Å². The summed E-state index contributed by atoms with van der Waals surface area (Å²) in [6.45, 7) is -1.37. The van der Waals surface area contributed by atoms with Gasteiger partial charge in [-0.25, -0.2) is 0 Å². The molecule has 0 unspecified atom stereocenters. The van der Waals surface area contributed by atoms with Gasteiger partial charge in [-0.05, 0) is 30.7 Å². The van der Waals surface area contributed by atoms with Crippen LogP contribution in [-0.4, -0.2) is 17.4 Å². The summed E-state index contributed by atoms with van der Waals surface area (Å²) in [6, 6.07) is 9.52. The molecule has 0 saturated carbocycles. The summed E-state index contributed by atoms with van der Waals surface area (Å²) in [5, 5.41) is 0. The molecule has 0 saturated heterocycles. The zero-order valence-electron chi connectivity index (χ0n) is 10.1. The maximum Gasteiger partial charge on any atom is 0.387 e. The minimum Gasteiger partial charge on any atom is -0.434 e. The first-order chi connectivity index (χ1) is 9.09. The minimum absolute atomic E-state index is 0.0824. The smallest absolute Gasteiger partial charge is 0.387 e. The lowest BCUT2D eigenvalue weighted by Crippen LogP contribution is -2.11. The summed E-state index contributed by atoms with van der Waals surface area (Å²) in [4.78, 5) is 16.1. The third-order valence-electron chi connectivity index (χ3n) is 2.56. The molecule has 3 nitrogen and oxygen atoms in total. The van der Waals surface area contributed by atoms with E-state index in [9.17, 15) is 13.6 Å². The Balaban J connectivity index is 2.45. The van der Waals surface area contributed by atoms with Crippen molar-refractivity contribution in [2.45, 2.75) is 13.5 Å². The lowest BCUT2D eigenvalue weighted by atomic mass is 10.0. The van der Waals surface area contributed by atoms with Crippen LogP contribution in [-0.2, 0) is 0 Å². The topological polar surface area (TPSA) is 39.2 Å². The third-order valence-corrected chi connectivity index (χ3v) is 2.56. The largest absolute Gasteiger partial charge is 0.434 e. The van der Waals surface area contributed by atoms with Crippen LogP contribution in [0.5, 0.6) is 5.75 Å². The molecule has 19 heavy (non-hydrogen) atoms. The Kier molecular flexibility index (Phi) is 3.85. The summed E-state index contributed by atoms with van der Waals surface area (Å²) in [5.41, 5.74) is 0.744. The van der Waals surface area contributed by atoms with E-state index in [1.165, 1.54) is 18.3 Å². The SMILES string of the molecule is Cc1cccc(C(=O)c2ccccn2)c1OC(F)F. The molecule has 0 radical (unpaired) electrons. The average molecular weight is 263 g/mol. The van der Waals surface area contributed by atoms with Crippen molar-refractivity contribution in [1.82, 2.24) is 4.98 Å². The van der Waals surface area contributed by atoms with Gasteiger partial charge in [-0.2, -0.15) is 8.78 Å². The van der Waals surface area contributed by atoms with Crippen molar-refractivity contribution in [1.29, 1.82) is 0 Å². The lowest BCUT2D eigenvalue weighted by molar-refractivity contribution is -0.0505. The third kappa shape index (κ3) is 2.93. The summed E-state index contributed by atoms with van der Waals surface area (Å²) in [7, 11) is 0. The molecule has 1 aromatic carbocycles. The maximum atomic E-state index is 12.4.